The molecule has 0 fully saturated rings. The molecular weight excluding hydrogens is 243 g/mol. The van der Waals surface area contributed by atoms with Crippen LogP contribution in [0.3, 0.4) is 0 Å². The van der Waals surface area contributed by atoms with Crippen LogP contribution < -0.4 is 0 Å². The maximum atomic E-state index is 4.32. The number of hydrogen-bond donors (Lipinski definition) is 2. The van der Waals surface area contributed by atoms with Crippen molar-refractivity contribution in [3.63, 3.8) is 0 Å². The average Bonchev–Trinajstić information content (AvgIpc) is 1.92. The van der Waals surface area contributed by atoms with Gasteiger partial charge in [0.25, 0.3) is 0 Å². The molecule has 0 atom stereocenters. The third-order valence-corrected chi connectivity index (χ3v) is 2.78. The molecule has 1 aromatic rings. The summed E-state index contributed by atoms with van der Waals surface area (Å²) in [4.78, 5) is 1.89. The third-order valence-electron chi connectivity index (χ3n) is 1.84. The molecule has 0 heterocycles. The molecule has 0 spiro atoms. The Morgan fingerprint density at radius 3 is 1.92 bits per heavy atom. The summed E-state index contributed by atoms with van der Waals surface area (Å²) in [5, 5.41) is 0. The van der Waals surface area contributed by atoms with E-state index in [9.17, 15) is 0 Å². The molecule has 0 aromatic heterocycles. The van der Waals surface area contributed by atoms with Crippen molar-refractivity contribution in [1.82, 2.24) is 0 Å². The second-order valence-electron chi connectivity index (χ2n) is 3.95. The van der Waals surface area contributed by atoms with Crippen molar-refractivity contribution in [2.45, 2.75) is 36.0 Å². The van der Waals surface area contributed by atoms with Gasteiger partial charge in [0.1, 0.15) is 0 Å². The number of hydrogen-bond acceptors (Lipinski definition) is 2. The van der Waals surface area contributed by atoms with Crippen LogP contribution >= 0.6 is 25.3 Å². The maximum Gasteiger partial charge on any atom is 0.0177 e. The molecular formula is C10H14NiS2. The smallest absolute Gasteiger partial charge is 0.0177 e. The van der Waals surface area contributed by atoms with E-state index in [1.54, 1.807) is 0 Å². The van der Waals surface area contributed by atoms with E-state index in [0.29, 0.717) is 0 Å². The van der Waals surface area contributed by atoms with Crippen LogP contribution in [0.4, 0.5) is 0 Å². The Labute approximate surface area is 101 Å². The molecule has 0 saturated heterocycles. The molecule has 76 valence electrons. The number of thiol groups is 2. The van der Waals surface area contributed by atoms with Crippen molar-refractivity contribution in [2.24, 2.45) is 0 Å². The topological polar surface area (TPSA) is 0 Å². The molecule has 1 aromatic carbocycles. The van der Waals surface area contributed by atoms with Crippen LogP contribution in [-0.4, -0.2) is 0 Å². The molecule has 0 aliphatic carbocycles. The predicted octanol–water partition coefficient (Wildman–Crippen LogP) is 3.56. The fraction of sp³-hybridized carbons (Fsp3) is 0.400. The van der Waals surface area contributed by atoms with E-state index in [2.05, 4.69) is 58.2 Å². The fourth-order valence-corrected chi connectivity index (χ4v) is 1.34. The van der Waals surface area contributed by atoms with Gasteiger partial charge in [-0.25, -0.2) is 0 Å². The SMILES string of the molecule is CC(C)(C)c1ccc(S)c(S)c1.[Ni]. The molecule has 0 N–H and O–H groups in total. The largest absolute Gasteiger partial charge is 0.142 e. The van der Waals surface area contributed by atoms with Crippen molar-refractivity contribution in [3.05, 3.63) is 23.8 Å². The Bertz CT molecular complexity index is 289. The minimum atomic E-state index is 0. The normalized spacial score (nSPS) is 10.8. The summed E-state index contributed by atoms with van der Waals surface area (Å²) in [5.41, 5.74) is 1.49. The van der Waals surface area contributed by atoms with Gasteiger partial charge in [-0.15, -0.1) is 25.3 Å². The molecule has 13 heavy (non-hydrogen) atoms. The van der Waals surface area contributed by atoms with Crippen LogP contribution in [0.1, 0.15) is 26.3 Å². The first-order valence-corrected chi connectivity index (χ1v) is 4.83. The van der Waals surface area contributed by atoms with Gasteiger partial charge in [0.15, 0.2) is 0 Å². The first kappa shape index (κ1) is 13.4. The standard InChI is InChI=1S/C10H14S2.Ni/c1-10(2,3)7-4-5-8(11)9(12)6-7;/h4-6,11-12H,1-3H3;. The zero-order valence-electron chi connectivity index (χ0n) is 7.94. The molecule has 0 aliphatic rings. The Kier molecular flexibility index (Phi) is 4.92. The minimum absolute atomic E-state index is 0. The molecule has 0 amide bonds. The minimum Gasteiger partial charge on any atom is -0.142 e. The summed E-state index contributed by atoms with van der Waals surface area (Å²) >= 11 is 8.59. The van der Waals surface area contributed by atoms with Gasteiger partial charge in [0, 0.05) is 26.3 Å². The van der Waals surface area contributed by atoms with E-state index < -0.39 is 0 Å². The van der Waals surface area contributed by atoms with Gasteiger partial charge >= 0.3 is 0 Å². The summed E-state index contributed by atoms with van der Waals surface area (Å²) in [7, 11) is 0. The Morgan fingerprint density at radius 1 is 1.00 bits per heavy atom. The number of benzene rings is 1. The van der Waals surface area contributed by atoms with Gasteiger partial charge in [-0.05, 0) is 23.1 Å². The first-order valence-electron chi connectivity index (χ1n) is 3.94. The van der Waals surface area contributed by atoms with Gasteiger partial charge < -0.3 is 0 Å². The molecule has 0 unspecified atom stereocenters. The first-order chi connectivity index (χ1) is 5.41. The van der Waals surface area contributed by atoms with E-state index in [-0.39, 0.29) is 21.9 Å². The van der Waals surface area contributed by atoms with Crippen LogP contribution in [0, 0.1) is 0 Å². The van der Waals surface area contributed by atoms with Crippen molar-refractivity contribution in [1.29, 1.82) is 0 Å². The van der Waals surface area contributed by atoms with Crippen LogP contribution in [0.2, 0.25) is 0 Å². The van der Waals surface area contributed by atoms with Crippen LogP contribution in [0.15, 0.2) is 28.0 Å². The number of rotatable bonds is 0. The second kappa shape index (κ2) is 4.77. The fourth-order valence-electron chi connectivity index (χ4n) is 0.990. The summed E-state index contributed by atoms with van der Waals surface area (Å²) < 4.78 is 0. The molecule has 0 bridgehead atoms. The average molecular weight is 257 g/mol. The molecule has 0 aliphatic heterocycles. The molecule has 3 heteroatoms. The zero-order chi connectivity index (χ0) is 9.35. The van der Waals surface area contributed by atoms with E-state index in [0.717, 1.165) is 9.79 Å². The molecule has 0 radical (unpaired) electrons. The summed E-state index contributed by atoms with van der Waals surface area (Å²) in [6, 6.07) is 6.17. The van der Waals surface area contributed by atoms with Crippen LogP contribution in [0.25, 0.3) is 0 Å². The van der Waals surface area contributed by atoms with Gasteiger partial charge in [-0.1, -0.05) is 26.8 Å². The summed E-state index contributed by atoms with van der Waals surface area (Å²) in [6.45, 7) is 6.56. The maximum absolute atomic E-state index is 4.32. The van der Waals surface area contributed by atoms with Crippen molar-refractivity contribution >= 4 is 25.3 Å². The van der Waals surface area contributed by atoms with E-state index in [4.69, 9.17) is 0 Å². The Balaban J connectivity index is 0.00000144. The Hall–Kier alpha value is 0.414. The second-order valence-corrected chi connectivity index (χ2v) is 4.92. The molecule has 1 rings (SSSR count). The molecule has 0 nitrogen and oxygen atoms in total. The van der Waals surface area contributed by atoms with E-state index in [1.165, 1.54) is 5.56 Å². The predicted molar refractivity (Wildman–Crippen MR) is 59.6 cm³/mol. The van der Waals surface area contributed by atoms with Gasteiger partial charge in [-0.3, -0.25) is 0 Å². The van der Waals surface area contributed by atoms with Crippen molar-refractivity contribution < 1.29 is 16.5 Å². The van der Waals surface area contributed by atoms with E-state index >= 15 is 0 Å². The van der Waals surface area contributed by atoms with Crippen LogP contribution in [0.5, 0.6) is 0 Å². The van der Waals surface area contributed by atoms with Gasteiger partial charge in [0.2, 0.25) is 0 Å². The van der Waals surface area contributed by atoms with E-state index in [1.807, 2.05) is 6.07 Å². The third kappa shape index (κ3) is 3.57. The summed E-state index contributed by atoms with van der Waals surface area (Å²) in [6.07, 6.45) is 0. The van der Waals surface area contributed by atoms with Gasteiger partial charge in [0.05, 0.1) is 0 Å². The van der Waals surface area contributed by atoms with Crippen molar-refractivity contribution in [3.8, 4) is 0 Å². The monoisotopic (exact) mass is 256 g/mol. The molecule has 0 saturated carbocycles. The van der Waals surface area contributed by atoms with Gasteiger partial charge in [-0.2, -0.15) is 0 Å². The van der Waals surface area contributed by atoms with Crippen LogP contribution in [-0.2, 0) is 21.9 Å². The van der Waals surface area contributed by atoms with Crippen molar-refractivity contribution in [2.75, 3.05) is 0 Å². The quantitative estimate of drug-likeness (QED) is 0.515. The summed E-state index contributed by atoms with van der Waals surface area (Å²) in [5.74, 6) is 0. The zero-order valence-corrected chi connectivity index (χ0v) is 10.7. The Morgan fingerprint density at radius 2 is 1.54 bits per heavy atom.